The molecule has 2 rings (SSSR count). The predicted octanol–water partition coefficient (Wildman–Crippen LogP) is 1.12. The van der Waals surface area contributed by atoms with Crippen LogP contribution in [0.25, 0.3) is 0 Å². The Balaban J connectivity index is 2.20. The Kier molecular flexibility index (Phi) is 5.06. The van der Waals surface area contributed by atoms with E-state index in [1.54, 1.807) is 0 Å². The van der Waals surface area contributed by atoms with Gasteiger partial charge in [-0.3, -0.25) is 0 Å². The van der Waals surface area contributed by atoms with Gasteiger partial charge in [0.05, 0.1) is 12.1 Å². The molecule has 0 amide bonds. The second kappa shape index (κ2) is 6.68. The number of thiophene rings is 1. The fraction of sp³-hybridized carbons (Fsp3) is 0.364. The minimum atomic E-state index is -3.95. The molecule has 23 heavy (non-hydrogen) atoms. The van der Waals surface area contributed by atoms with Crippen molar-refractivity contribution in [3.8, 4) is 0 Å². The third-order valence-corrected chi connectivity index (χ3v) is 6.08. The molecular weight excluding hydrogens is 354 g/mol. The summed E-state index contributed by atoms with van der Waals surface area (Å²) in [5.74, 6) is -1.17. The van der Waals surface area contributed by atoms with E-state index in [2.05, 4.69) is 10.1 Å². The van der Waals surface area contributed by atoms with E-state index in [1.807, 2.05) is 0 Å². The van der Waals surface area contributed by atoms with Crippen LogP contribution >= 0.6 is 11.3 Å². The average Bonchev–Trinajstić information content (AvgIpc) is 3.08. The zero-order valence-corrected chi connectivity index (χ0v) is 13.4. The second-order valence-corrected chi connectivity index (χ2v) is 7.65. The highest BCUT2D eigenvalue weighted by molar-refractivity contribution is 7.91. The van der Waals surface area contributed by atoms with Crippen LogP contribution in [0.2, 0.25) is 0 Å². The van der Waals surface area contributed by atoms with Crippen molar-refractivity contribution in [1.82, 2.24) is 19.1 Å². The summed E-state index contributed by atoms with van der Waals surface area (Å²) < 4.78 is 51.2. The van der Waals surface area contributed by atoms with Crippen molar-refractivity contribution in [3.05, 3.63) is 29.2 Å². The van der Waals surface area contributed by atoms with Crippen molar-refractivity contribution in [2.75, 3.05) is 7.05 Å². The molecule has 0 saturated carbocycles. The lowest BCUT2D eigenvalue weighted by molar-refractivity contribution is 0.0697. The Labute approximate surface area is 134 Å². The number of sulfonamides is 1. The highest BCUT2D eigenvalue weighted by atomic mass is 32.2. The molecule has 0 aliphatic heterocycles. The van der Waals surface area contributed by atoms with E-state index in [0.29, 0.717) is 0 Å². The Bertz CT molecular complexity index is 803. The van der Waals surface area contributed by atoms with Gasteiger partial charge >= 0.3 is 5.97 Å². The van der Waals surface area contributed by atoms with Gasteiger partial charge in [-0.1, -0.05) is 0 Å². The van der Waals surface area contributed by atoms with Crippen molar-refractivity contribution in [3.63, 3.8) is 0 Å². The number of hydrogen-bond acceptors (Lipinski definition) is 6. The van der Waals surface area contributed by atoms with Crippen molar-refractivity contribution in [2.45, 2.75) is 23.7 Å². The van der Waals surface area contributed by atoms with Crippen LogP contribution in [0.3, 0.4) is 0 Å². The number of carboxylic acid groups (broad SMARTS) is 1. The molecule has 0 saturated heterocycles. The van der Waals surface area contributed by atoms with Crippen molar-refractivity contribution in [1.29, 1.82) is 0 Å². The Morgan fingerprint density at radius 1 is 1.52 bits per heavy atom. The largest absolute Gasteiger partial charge is 0.478 e. The molecule has 0 unspecified atom stereocenters. The fourth-order valence-corrected chi connectivity index (χ4v) is 4.18. The Morgan fingerprint density at radius 3 is 2.78 bits per heavy atom. The monoisotopic (exact) mass is 366 g/mol. The molecule has 126 valence electrons. The topological polar surface area (TPSA) is 105 Å². The molecule has 2 heterocycles. The van der Waals surface area contributed by atoms with E-state index < -0.39 is 29.0 Å². The summed E-state index contributed by atoms with van der Waals surface area (Å²) in [5.41, 5.74) is -0.136. The number of halogens is 2. The molecule has 0 aromatic carbocycles. The predicted molar refractivity (Wildman–Crippen MR) is 76.0 cm³/mol. The third-order valence-electron chi connectivity index (χ3n) is 2.86. The van der Waals surface area contributed by atoms with E-state index in [0.717, 1.165) is 32.7 Å². The molecule has 12 heteroatoms. The molecule has 2 aromatic heterocycles. The van der Waals surface area contributed by atoms with Gasteiger partial charge in [-0.05, 0) is 6.07 Å². The number of rotatable bonds is 7. The second-order valence-electron chi connectivity index (χ2n) is 4.47. The first-order valence-corrected chi connectivity index (χ1v) is 8.46. The van der Waals surface area contributed by atoms with Gasteiger partial charge in [-0.2, -0.15) is 9.40 Å². The quantitative estimate of drug-likeness (QED) is 0.787. The number of alkyl halides is 2. The van der Waals surface area contributed by atoms with Crippen molar-refractivity contribution in [2.24, 2.45) is 0 Å². The summed E-state index contributed by atoms with van der Waals surface area (Å²) in [4.78, 5) is 14.6. The Morgan fingerprint density at radius 2 is 2.22 bits per heavy atom. The minimum Gasteiger partial charge on any atom is -0.478 e. The van der Waals surface area contributed by atoms with Crippen LogP contribution in [0.4, 0.5) is 8.78 Å². The van der Waals surface area contributed by atoms with Gasteiger partial charge in [-0.15, -0.1) is 11.3 Å². The van der Waals surface area contributed by atoms with Crippen LogP contribution in [0, 0.1) is 0 Å². The summed E-state index contributed by atoms with van der Waals surface area (Å²) in [6, 6.07) is 1.04. The summed E-state index contributed by atoms with van der Waals surface area (Å²) in [6.07, 6.45) is -1.58. The maximum Gasteiger partial charge on any atom is 0.336 e. The fourth-order valence-electron chi connectivity index (χ4n) is 1.70. The molecule has 1 N–H and O–H groups in total. The van der Waals surface area contributed by atoms with E-state index in [9.17, 15) is 22.0 Å². The number of carbonyl (C=O) groups is 1. The first-order chi connectivity index (χ1) is 10.7. The van der Waals surface area contributed by atoms with Gasteiger partial charge in [0.15, 0.2) is 0 Å². The molecule has 8 nitrogen and oxygen atoms in total. The molecular formula is C11H12F2N4O4S2. The highest BCUT2D eigenvalue weighted by Gasteiger charge is 2.25. The summed E-state index contributed by atoms with van der Waals surface area (Å²) in [5, 5.41) is 13.7. The van der Waals surface area contributed by atoms with Gasteiger partial charge in [0.1, 0.15) is 22.9 Å². The number of hydrogen-bond donors (Lipinski definition) is 1. The van der Waals surface area contributed by atoms with Crippen molar-refractivity contribution < 1.29 is 27.1 Å². The van der Waals surface area contributed by atoms with Crippen molar-refractivity contribution >= 4 is 27.3 Å². The van der Waals surface area contributed by atoms with Gasteiger partial charge in [0, 0.05) is 12.4 Å². The SMILES string of the molecule is CN(Cc1ncnn1CC(F)F)S(=O)(=O)c1cc(C(=O)O)cs1. The summed E-state index contributed by atoms with van der Waals surface area (Å²) in [6.45, 7) is -0.958. The zero-order valence-electron chi connectivity index (χ0n) is 11.8. The van der Waals surface area contributed by atoms with E-state index in [-0.39, 0.29) is 22.1 Å². The molecule has 0 radical (unpaired) electrons. The average molecular weight is 366 g/mol. The van der Waals surface area contributed by atoms with Gasteiger partial charge < -0.3 is 5.11 Å². The molecule has 2 aromatic rings. The number of nitrogens with zero attached hydrogens (tertiary/aromatic N) is 4. The van der Waals surface area contributed by atoms with E-state index in [1.165, 1.54) is 12.4 Å². The molecule has 0 bridgehead atoms. The van der Waals surface area contributed by atoms with E-state index in [4.69, 9.17) is 5.11 Å². The maximum absolute atomic E-state index is 12.4. The molecule has 0 spiro atoms. The van der Waals surface area contributed by atoms with Crippen LogP contribution < -0.4 is 0 Å². The molecule has 0 aliphatic rings. The van der Waals surface area contributed by atoms with Crippen LogP contribution in [0.1, 0.15) is 16.2 Å². The number of aromatic carboxylic acids is 1. The summed E-state index contributed by atoms with van der Waals surface area (Å²) in [7, 11) is -2.71. The lowest BCUT2D eigenvalue weighted by Crippen LogP contribution is -2.28. The molecule has 0 atom stereocenters. The summed E-state index contributed by atoms with van der Waals surface area (Å²) >= 11 is 0.767. The first kappa shape index (κ1) is 17.4. The van der Waals surface area contributed by atoms with Gasteiger partial charge in [0.2, 0.25) is 0 Å². The lowest BCUT2D eigenvalue weighted by atomic mass is 10.4. The van der Waals surface area contributed by atoms with Crippen LogP contribution in [0.5, 0.6) is 0 Å². The molecule has 0 aliphatic carbocycles. The Hall–Kier alpha value is -1.92. The number of carboxylic acids is 1. The smallest absolute Gasteiger partial charge is 0.336 e. The van der Waals surface area contributed by atoms with Crippen LogP contribution in [-0.2, 0) is 23.1 Å². The normalized spacial score (nSPS) is 12.2. The third kappa shape index (κ3) is 3.89. The standard InChI is InChI=1S/C11H12F2N4O4S2/c1-16(4-9-14-6-15-17(9)3-8(12)13)23(20,21)10-2-7(5-22-10)11(18)19/h2,5-6,8H,3-4H2,1H3,(H,18,19). The van der Waals surface area contributed by atoms with Crippen LogP contribution in [-0.4, -0.2) is 52.0 Å². The van der Waals surface area contributed by atoms with E-state index >= 15 is 0 Å². The molecule has 0 fully saturated rings. The zero-order chi connectivity index (χ0) is 17.2. The van der Waals surface area contributed by atoms with Crippen LogP contribution in [0.15, 0.2) is 22.0 Å². The lowest BCUT2D eigenvalue weighted by Gasteiger charge is -2.15. The van der Waals surface area contributed by atoms with Gasteiger partial charge in [0.25, 0.3) is 16.4 Å². The number of aromatic nitrogens is 3. The maximum atomic E-state index is 12.4. The minimum absolute atomic E-state index is 0.0615. The first-order valence-electron chi connectivity index (χ1n) is 6.15. The van der Waals surface area contributed by atoms with Gasteiger partial charge in [-0.25, -0.2) is 31.7 Å². The highest BCUT2D eigenvalue weighted by Crippen LogP contribution is 2.24.